The van der Waals surface area contributed by atoms with Gasteiger partial charge in [-0.25, -0.2) is 23.7 Å². The van der Waals surface area contributed by atoms with Gasteiger partial charge in [-0.05, 0) is 67.6 Å². The maximum atomic E-state index is 14.8. The first-order valence-corrected chi connectivity index (χ1v) is 12.9. The van der Waals surface area contributed by atoms with Gasteiger partial charge in [-0.2, -0.15) is 0 Å². The van der Waals surface area contributed by atoms with Crippen molar-refractivity contribution in [1.29, 1.82) is 0 Å². The van der Waals surface area contributed by atoms with Gasteiger partial charge in [0.2, 0.25) is 5.95 Å². The summed E-state index contributed by atoms with van der Waals surface area (Å²) in [6, 6.07) is 15.1. The quantitative estimate of drug-likeness (QED) is 0.257. The van der Waals surface area contributed by atoms with Crippen molar-refractivity contribution < 1.29 is 8.78 Å². The molecule has 3 heterocycles. The molecule has 3 aromatic carbocycles. The molecule has 0 saturated carbocycles. The fourth-order valence-electron chi connectivity index (χ4n) is 4.55. The van der Waals surface area contributed by atoms with Crippen molar-refractivity contribution in [3.8, 4) is 11.3 Å². The van der Waals surface area contributed by atoms with Gasteiger partial charge in [-0.1, -0.05) is 17.7 Å². The Balaban J connectivity index is 1.39. The third-order valence-electron chi connectivity index (χ3n) is 6.20. The van der Waals surface area contributed by atoms with Gasteiger partial charge in [0, 0.05) is 35.6 Å². The molecule has 0 saturated heterocycles. The van der Waals surface area contributed by atoms with Crippen LogP contribution in [0.5, 0.6) is 0 Å². The molecule has 0 amide bonds. The third kappa shape index (κ3) is 4.50. The number of anilines is 4. The topological polar surface area (TPSA) is 66.0 Å². The lowest BCUT2D eigenvalue weighted by atomic mass is 10.0. The van der Waals surface area contributed by atoms with Crippen molar-refractivity contribution in [2.24, 2.45) is 0 Å². The van der Waals surface area contributed by atoms with Gasteiger partial charge < -0.3 is 15.5 Å². The van der Waals surface area contributed by atoms with Crippen LogP contribution in [0.3, 0.4) is 0 Å². The number of nitrogens with zero attached hydrogens (tertiary/aromatic N) is 4. The molecule has 6 rings (SSSR count). The molecule has 0 radical (unpaired) electrons. The number of para-hydroxylation sites is 1. The maximum Gasteiger partial charge on any atom is 0.227 e. The Bertz CT molecular complexity index is 1620. The summed E-state index contributed by atoms with van der Waals surface area (Å²) in [4.78, 5) is 15.6. The van der Waals surface area contributed by atoms with E-state index in [9.17, 15) is 8.78 Å². The normalized spacial score (nSPS) is 12.8. The highest BCUT2D eigenvalue weighted by molar-refractivity contribution is 7.18. The number of rotatable bonds is 5. The molecule has 1 aliphatic heterocycles. The molecule has 0 unspecified atom stereocenters. The molecule has 0 fully saturated rings. The molecule has 6 nitrogen and oxygen atoms in total. The molecule has 37 heavy (non-hydrogen) atoms. The molecule has 0 atom stereocenters. The van der Waals surface area contributed by atoms with Gasteiger partial charge in [0.15, 0.2) is 0 Å². The van der Waals surface area contributed by atoms with E-state index in [1.807, 2.05) is 31.3 Å². The van der Waals surface area contributed by atoms with Crippen LogP contribution in [-0.2, 0) is 13.0 Å². The zero-order valence-corrected chi connectivity index (χ0v) is 21.3. The second kappa shape index (κ2) is 9.66. The van der Waals surface area contributed by atoms with Gasteiger partial charge in [0.1, 0.15) is 22.3 Å². The average molecular weight is 535 g/mol. The van der Waals surface area contributed by atoms with Crippen LogP contribution < -0.4 is 15.5 Å². The smallest absolute Gasteiger partial charge is 0.227 e. The lowest BCUT2D eigenvalue weighted by Crippen LogP contribution is -2.21. The number of benzene rings is 3. The van der Waals surface area contributed by atoms with E-state index in [0.717, 1.165) is 32.0 Å². The van der Waals surface area contributed by atoms with Crippen molar-refractivity contribution in [3.05, 3.63) is 88.0 Å². The summed E-state index contributed by atoms with van der Waals surface area (Å²) in [6.07, 6.45) is 2.26. The van der Waals surface area contributed by atoms with Crippen LogP contribution in [0.1, 0.15) is 10.6 Å². The van der Waals surface area contributed by atoms with E-state index in [1.165, 1.54) is 18.2 Å². The van der Waals surface area contributed by atoms with E-state index < -0.39 is 11.6 Å². The third-order valence-corrected chi connectivity index (χ3v) is 7.45. The largest absolute Gasteiger partial charge is 0.336 e. The SMILES string of the molecule is CNCc1nc2ccc(Nc3ncc4c(n3)-c3ccc(Cl)cc3N(c3c(F)cccc3F)CC4)cc2s1. The Morgan fingerprint density at radius 3 is 2.70 bits per heavy atom. The Kier molecular flexibility index (Phi) is 6.19. The molecule has 2 N–H and O–H groups in total. The van der Waals surface area contributed by atoms with E-state index in [4.69, 9.17) is 16.6 Å². The molecule has 1 aliphatic rings. The molecule has 0 aliphatic carbocycles. The monoisotopic (exact) mass is 534 g/mol. The molecule has 5 aromatic rings. The molecule has 0 bridgehead atoms. The summed E-state index contributed by atoms with van der Waals surface area (Å²) in [5, 5.41) is 7.90. The lowest BCUT2D eigenvalue weighted by molar-refractivity contribution is 0.580. The lowest BCUT2D eigenvalue weighted by Gasteiger charge is -2.26. The highest BCUT2D eigenvalue weighted by Crippen LogP contribution is 2.42. The van der Waals surface area contributed by atoms with Crippen LogP contribution in [0.15, 0.2) is 60.8 Å². The second-order valence-electron chi connectivity index (χ2n) is 8.65. The van der Waals surface area contributed by atoms with E-state index >= 15 is 0 Å². The van der Waals surface area contributed by atoms with Gasteiger partial charge in [0.25, 0.3) is 0 Å². The Labute approximate surface area is 221 Å². The van der Waals surface area contributed by atoms with Crippen LogP contribution >= 0.6 is 22.9 Å². The highest BCUT2D eigenvalue weighted by atomic mass is 35.5. The predicted octanol–water partition coefficient (Wildman–Crippen LogP) is 6.84. The van der Waals surface area contributed by atoms with Gasteiger partial charge in [0.05, 0.1) is 21.6 Å². The molecule has 10 heteroatoms. The number of hydrogen-bond acceptors (Lipinski definition) is 7. The maximum absolute atomic E-state index is 14.8. The fraction of sp³-hybridized carbons (Fsp3) is 0.148. The van der Waals surface area contributed by atoms with E-state index in [0.29, 0.717) is 41.9 Å². The number of halogens is 3. The van der Waals surface area contributed by atoms with Gasteiger partial charge >= 0.3 is 0 Å². The van der Waals surface area contributed by atoms with Crippen molar-refractivity contribution in [2.45, 2.75) is 13.0 Å². The van der Waals surface area contributed by atoms with Crippen LogP contribution in [0.25, 0.3) is 21.5 Å². The molecular weight excluding hydrogens is 514 g/mol. The first kappa shape index (κ1) is 23.7. The van der Waals surface area contributed by atoms with E-state index in [2.05, 4.69) is 20.6 Å². The number of nitrogens with one attached hydrogen (secondary N) is 2. The van der Waals surface area contributed by atoms with Crippen LogP contribution in [-0.4, -0.2) is 28.5 Å². The Hall–Kier alpha value is -3.66. The number of hydrogen-bond donors (Lipinski definition) is 2. The predicted molar refractivity (Wildman–Crippen MR) is 145 cm³/mol. The zero-order valence-electron chi connectivity index (χ0n) is 19.7. The second-order valence-corrected chi connectivity index (χ2v) is 10.2. The van der Waals surface area contributed by atoms with E-state index in [1.54, 1.807) is 34.6 Å². The summed E-state index contributed by atoms with van der Waals surface area (Å²) in [5.74, 6) is -0.854. The van der Waals surface area contributed by atoms with Gasteiger partial charge in [-0.15, -0.1) is 11.3 Å². The van der Waals surface area contributed by atoms with Crippen molar-refractivity contribution in [2.75, 3.05) is 23.8 Å². The average Bonchev–Trinajstić information content (AvgIpc) is 3.21. The zero-order chi connectivity index (χ0) is 25.5. The first-order chi connectivity index (χ1) is 18.0. The molecular formula is C27H21ClF2N6S. The van der Waals surface area contributed by atoms with Crippen LogP contribution in [0.4, 0.5) is 31.8 Å². The van der Waals surface area contributed by atoms with Crippen molar-refractivity contribution >= 4 is 56.2 Å². The Morgan fingerprint density at radius 2 is 1.89 bits per heavy atom. The van der Waals surface area contributed by atoms with Crippen LogP contribution in [0.2, 0.25) is 5.02 Å². The minimum Gasteiger partial charge on any atom is -0.336 e. The molecule has 186 valence electrons. The molecule has 2 aromatic heterocycles. The number of thiazole rings is 1. The summed E-state index contributed by atoms with van der Waals surface area (Å²) in [7, 11) is 1.90. The Morgan fingerprint density at radius 1 is 1.05 bits per heavy atom. The summed E-state index contributed by atoms with van der Waals surface area (Å²) < 4.78 is 30.6. The van der Waals surface area contributed by atoms with Crippen LogP contribution in [0, 0.1) is 11.6 Å². The van der Waals surface area contributed by atoms with Crippen molar-refractivity contribution in [3.63, 3.8) is 0 Å². The van der Waals surface area contributed by atoms with E-state index in [-0.39, 0.29) is 5.69 Å². The standard InChI is InChI=1S/C27H21ClF2N6S/c1-31-14-24-34-21-8-6-17(12-23(21)37-24)33-27-32-13-15-9-10-36(26-19(29)3-2-4-20(26)30)22-11-16(28)5-7-18(22)25(15)35-27/h2-8,11-13,31H,9-10,14H2,1H3,(H,32,33,35). The number of aromatic nitrogens is 3. The number of fused-ring (bicyclic) bond motifs is 4. The minimum atomic E-state index is -0.637. The fourth-order valence-corrected chi connectivity index (χ4v) is 5.73. The summed E-state index contributed by atoms with van der Waals surface area (Å²) in [5.41, 5.74) is 4.55. The molecule has 0 spiro atoms. The minimum absolute atomic E-state index is 0.111. The highest BCUT2D eigenvalue weighted by Gasteiger charge is 2.26. The summed E-state index contributed by atoms with van der Waals surface area (Å²) >= 11 is 7.96. The van der Waals surface area contributed by atoms with Crippen molar-refractivity contribution in [1.82, 2.24) is 20.3 Å². The first-order valence-electron chi connectivity index (χ1n) is 11.7. The van der Waals surface area contributed by atoms with Gasteiger partial charge in [-0.3, -0.25) is 0 Å². The summed E-state index contributed by atoms with van der Waals surface area (Å²) in [6.45, 7) is 1.05.